The number of hydrogen-bond acceptors (Lipinski definition) is 1. The maximum atomic E-state index is 6.91. The van der Waals surface area contributed by atoms with Crippen molar-refractivity contribution in [2.24, 2.45) is 7.05 Å². The lowest BCUT2D eigenvalue weighted by Gasteiger charge is -2.41. The van der Waals surface area contributed by atoms with Gasteiger partial charge in [-0.2, -0.15) is 0 Å². The molecule has 0 N–H and O–H groups in total. The summed E-state index contributed by atoms with van der Waals surface area (Å²) in [5, 5.41) is 2.52. The predicted octanol–water partition coefficient (Wildman–Crippen LogP) is 7.35. The third kappa shape index (κ3) is 2.87. The minimum absolute atomic E-state index is 0.107. The standard InChI is InChI=1S/C29H34NO/c1-17-11-14-30(8)22(15-17)24-19(3)16-18(2)23-20-9-10-21-25(26(20)31-27(23)24)29(6,7)13-12-28(21,4)5/h9-11,14-16H,12-13H2,1-8H3/q+1. The smallest absolute Gasteiger partial charge is 0.216 e. The minimum Gasteiger partial charge on any atom is -0.455 e. The average Bonchev–Trinajstić information content (AvgIpc) is 3.07. The van der Waals surface area contributed by atoms with Crippen LogP contribution in [0.3, 0.4) is 0 Å². The first-order valence-corrected chi connectivity index (χ1v) is 11.5. The Morgan fingerprint density at radius 2 is 1.55 bits per heavy atom. The van der Waals surface area contributed by atoms with E-state index < -0.39 is 0 Å². The molecule has 0 unspecified atom stereocenters. The molecular formula is C29H34NO+. The van der Waals surface area contributed by atoms with Crippen molar-refractivity contribution in [1.82, 2.24) is 0 Å². The Kier molecular flexibility index (Phi) is 4.22. The molecule has 0 radical (unpaired) electrons. The number of fused-ring (bicyclic) bond motifs is 5. The molecule has 0 spiro atoms. The van der Waals surface area contributed by atoms with Crippen LogP contribution in [0.1, 0.15) is 68.4 Å². The highest BCUT2D eigenvalue weighted by atomic mass is 16.3. The first-order valence-electron chi connectivity index (χ1n) is 11.5. The van der Waals surface area contributed by atoms with E-state index in [1.807, 2.05) is 0 Å². The average molecular weight is 413 g/mol. The second kappa shape index (κ2) is 6.45. The molecule has 2 heteroatoms. The van der Waals surface area contributed by atoms with Crippen LogP contribution in [-0.4, -0.2) is 0 Å². The number of furan rings is 1. The number of hydrogen-bond donors (Lipinski definition) is 0. The van der Waals surface area contributed by atoms with E-state index in [1.165, 1.54) is 62.7 Å². The molecule has 5 rings (SSSR count). The van der Waals surface area contributed by atoms with Crippen molar-refractivity contribution >= 4 is 21.9 Å². The van der Waals surface area contributed by atoms with E-state index in [-0.39, 0.29) is 10.8 Å². The Morgan fingerprint density at radius 3 is 2.29 bits per heavy atom. The molecule has 0 fully saturated rings. The summed E-state index contributed by atoms with van der Waals surface area (Å²) < 4.78 is 9.12. The van der Waals surface area contributed by atoms with Gasteiger partial charge in [0.05, 0.1) is 5.56 Å². The number of nitrogens with zero attached hydrogens (tertiary/aromatic N) is 1. The fraction of sp³-hybridized carbons (Fsp3) is 0.414. The van der Waals surface area contributed by atoms with Gasteiger partial charge in [0.25, 0.3) is 0 Å². The van der Waals surface area contributed by atoms with Gasteiger partial charge in [-0.15, -0.1) is 0 Å². The molecule has 2 nitrogen and oxygen atoms in total. The molecule has 4 aromatic rings. The van der Waals surface area contributed by atoms with Gasteiger partial charge in [0, 0.05) is 28.5 Å². The molecule has 2 aromatic heterocycles. The Hall–Kier alpha value is -2.61. The summed E-state index contributed by atoms with van der Waals surface area (Å²) in [5.41, 5.74) is 11.5. The van der Waals surface area contributed by atoms with Crippen molar-refractivity contribution < 1.29 is 8.98 Å². The number of aryl methyl sites for hydroxylation is 4. The summed E-state index contributed by atoms with van der Waals surface area (Å²) in [6.07, 6.45) is 4.54. The molecule has 2 heterocycles. The second-order valence-corrected chi connectivity index (χ2v) is 11.0. The van der Waals surface area contributed by atoms with Gasteiger partial charge in [-0.25, -0.2) is 4.57 Å². The molecule has 0 bridgehead atoms. The summed E-state index contributed by atoms with van der Waals surface area (Å²) in [4.78, 5) is 0. The highest BCUT2D eigenvalue weighted by Gasteiger charge is 2.40. The zero-order valence-corrected chi connectivity index (χ0v) is 20.2. The molecule has 31 heavy (non-hydrogen) atoms. The van der Waals surface area contributed by atoms with E-state index in [1.54, 1.807) is 0 Å². The molecule has 0 saturated carbocycles. The van der Waals surface area contributed by atoms with Gasteiger partial charge in [-0.05, 0) is 66.7 Å². The van der Waals surface area contributed by atoms with Crippen molar-refractivity contribution in [3.8, 4) is 11.3 Å². The lowest BCUT2D eigenvalue weighted by molar-refractivity contribution is -0.660. The van der Waals surface area contributed by atoms with Crippen LogP contribution in [0.25, 0.3) is 33.2 Å². The largest absolute Gasteiger partial charge is 0.455 e. The van der Waals surface area contributed by atoms with Gasteiger partial charge in [0.2, 0.25) is 5.69 Å². The van der Waals surface area contributed by atoms with Crippen LogP contribution in [0.15, 0.2) is 40.9 Å². The van der Waals surface area contributed by atoms with Gasteiger partial charge in [-0.3, -0.25) is 0 Å². The van der Waals surface area contributed by atoms with E-state index in [2.05, 4.69) is 96.6 Å². The summed E-state index contributed by atoms with van der Waals surface area (Å²) in [6, 6.07) is 11.4. The number of rotatable bonds is 1. The zero-order valence-electron chi connectivity index (χ0n) is 20.2. The first-order chi connectivity index (χ1) is 14.5. The van der Waals surface area contributed by atoms with E-state index in [4.69, 9.17) is 4.42 Å². The lowest BCUT2D eigenvalue weighted by atomic mass is 9.63. The van der Waals surface area contributed by atoms with Crippen molar-refractivity contribution in [3.63, 3.8) is 0 Å². The van der Waals surface area contributed by atoms with Gasteiger partial charge in [0.15, 0.2) is 6.20 Å². The first kappa shape index (κ1) is 20.3. The summed E-state index contributed by atoms with van der Waals surface area (Å²) >= 11 is 0. The minimum atomic E-state index is 0.107. The topological polar surface area (TPSA) is 17.0 Å². The summed E-state index contributed by atoms with van der Waals surface area (Å²) in [5.74, 6) is 0. The highest BCUT2D eigenvalue weighted by molar-refractivity contribution is 6.12. The quantitative estimate of drug-likeness (QED) is 0.299. The van der Waals surface area contributed by atoms with Crippen LogP contribution in [-0.2, 0) is 17.9 Å². The van der Waals surface area contributed by atoms with Gasteiger partial charge in [0.1, 0.15) is 18.2 Å². The van der Waals surface area contributed by atoms with Crippen LogP contribution in [0.5, 0.6) is 0 Å². The molecule has 160 valence electrons. The van der Waals surface area contributed by atoms with E-state index in [0.717, 1.165) is 11.2 Å². The number of pyridine rings is 1. The fourth-order valence-electron chi connectivity index (χ4n) is 5.74. The highest BCUT2D eigenvalue weighted by Crippen LogP contribution is 2.51. The Bertz CT molecular complexity index is 1370. The van der Waals surface area contributed by atoms with Crippen LogP contribution < -0.4 is 4.57 Å². The summed E-state index contributed by atoms with van der Waals surface area (Å²) in [6.45, 7) is 16.1. The number of benzene rings is 2. The van der Waals surface area contributed by atoms with E-state index in [9.17, 15) is 0 Å². The van der Waals surface area contributed by atoms with Crippen LogP contribution in [0.4, 0.5) is 0 Å². The van der Waals surface area contributed by atoms with Crippen molar-refractivity contribution in [3.05, 3.63) is 64.3 Å². The molecule has 1 aliphatic carbocycles. The monoisotopic (exact) mass is 412 g/mol. The maximum Gasteiger partial charge on any atom is 0.216 e. The summed E-state index contributed by atoms with van der Waals surface area (Å²) in [7, 11) is 2.12. The molecule has 0 atom stereocenters. The zero-order chi connectivity index (χ0) is 22.3. The van der Waals surface area contributed by atoms with E-state index >= 15 is 0 Å². The Balaban J connectivity index is 1.96. The van der Waals surface area contributed by atoms with Gasteiger partial charge >= 0.3 is 0 Å². The second-order valence-electron chi connectivity index (χ2n) is 11.0. The van der Waals surface area contributed by atoms with Crippen LogP contribution in [0.2, 0.25) is 0 Å². The Morgan fingerprint density at radius 1 is 0.839 bits per heavy atom. The third-order valence-corrected chi connectivity index (χ3v) is 7.65. The van der Waals surface area contributed by atoms with Crippen molar-refractivity contribution in [2.75, 3.05) is 0 Å². The SMILES string of the molecule is Cc1cc[n+](C)c(-c2c(C)cc(C)c3c2oc2c4c(ccc23)C(C)(C)CCC4(C)C)c1. The van der Waals surface area contributed by atoms with E-state index in [0.29, 0.717) is 0 Å². The molecule has 1 aliphatic rings. The number of aromatic nitrogens is 1. The molecule has 2 aromatic carbocycles. The van der Waals surface area contributed by atoms with Crippen LogP contribution in [0, 0.1) is 20.8 Å². The lowest BCUT2D eigenvalue weighted by Crippen LogP contribution is -2.33. The van der Waals surface area contributed by atoms with Crippen molar-refractivity contribution in [1.29, 1.82) is 0 Å². The molecular weight excluding hydrogens is 378 g/mol. The Labute approximate surface area is 185 Å². The molecule has 0 saturated heterocycles. The maximum absolute atomic E-state index is 6.91. The van der Waals surface area contributed by atoms with Gasteiger partial charge < -0.3 is 4.42 Å². The fourth-order valence-corrected chi connectivity index (χ4v) is 5.74. The van der Waals surface area contributed by atoms with Crippen LogP contribution >= 0.6 is 0 Å². The van der Waals surface area contributed by atoms with Gasteiger partial charge in [-0.1, -0.05) is 45.9 Å². The molecule has 0 aliphatic heterocycles. The molecule has 0 amide bonds. The third-order valence-electron chi connectivity index (χ3n) is 7.65. The normalized spacial score (nSPS) is 17.3. The van der Waals surface area contributed by atoms with Crippen molar-refractivity contribution in [2.45, 2.75) is 72.1 Å². The predicted molar refractivity (Wildman–Crippen MR) is 130 cm³/mol.